The third-order valence-electron chi connectivity index (χ3n) is 5.22. The van der Waals surface area contributed by atoms with Crippen molar-refractivity contribution in [3.05, 3.63) is 59.7 Å². The van der Waals surface area contributed by atoms with Crippen LogP contribution in [0.3, 0.4) is 0 Å². The number of sulfone groups is 1. The van der Waals surface area contributed by atoms with Gasteiger partial charge in [0, 0.05) is 11.4 Å². The number of nitrogens with zero attached hydrogens (tertiary/aromatic N) is 2. The van der Waals surface area contributed by atoms with Crippen molar-refractivity contribution in [2.75, 3.05) is 27.5 Å². The zero-order valence-electron chi connectivity index (χ0n) is 16.3. The Morgan fingerprint density at radius 1 is 1.10 bits per heavy atom. The fourth-order valence-electron chi connectivity index (χ4n) is 3.84. The molecule has 29 heavy (non-hydrogen) atoms. The Bertz CT molecular complexity index is 1050. The van der Waals surface area contributed by atoms with Crippen LogP contribution in [0.25, 0.3) is 0 Å². The fourth-order valence-corrected chi connectivity index (χ4v) is 6.61. The molecule has 6 nitrogen and oxygen atoms in total. The Labute approximate surface area is 175 Å². The molecule has 8 heteroatoms. The Balaban J connectivity index is 1.50. The Morgan fingerprint density at radius 2 is 1.79 bits per heavy atom. The molecule has 4 rings (SSSR count). The minimum atomic E-state index is -3.09. The smallest absolute Gasteiger partial charge is 0.234 e. The van der Waals surface area contributed by atoms with Crippen LogP contribution in [0.2, 0.25) is 0 Å². The maximum atomic E-state index is 12.6. The zero-order valence-corrected chi connectivity index (χ0v) is 18.0. The van der Waals surface area contributed by atoms with E-state index in [9.17, 15) is 13.2 Å². The lowest BCUT2D eigenvalue weighted by molar-refractivity contribution is -0.113. The lowest BCUT2D eigenvalue weighted by Crippen LogP contribution is -2.39. The predicted molar refractivity (Wildman–Crippen MR) is 120 cm³/mol. The zero-order chi connectivity index (χ0) is 20.6. The number of anilines is 2. The summed E-state index contributed by atoms with van der Waals surface area (Å²) in [5, 5.41) is 3.70. The van der Waals surface area contributed by atoms with Crippen molar-refractivity contribution in [2.24, 2.45) is 4.99 Å². The molecule has 2 aliphatic rings. The number of nitrogens with one attached hydrogen (secondary N) is 1. The average molecular weight is 430 g/mol. The molecular formula is C21H23N3O3S2. The molecule has 1 saturated heterocycles. The van der Waals surface area contributed by atoms with Crippen LogP contribution in [0.5, 0.6) is 0 Å². The van der Waals surface area contributed by atoms with Crippen molar-refractivity contribution in [1.82, 2.24) is 0 Å². The van der Waals surface area contributed by atoms with Gasteiger partial charge in [0.15, 0.2) is 15.0 Å². The van der Waals surface area contributed by atoms with E-state index in [2.05, 4.69) is 10.3 Å². The number of fused-ring (bicyclic) bond motifs is 1. The minimum Gasteiger partial charge on any atom is -0.325 e. The van der Waals surface area contributed by atoms with Gasteiger partial charge in [-0.25, -0.2) is 8.42 Å². The van der Waals surface area contributed by atoms with E-state index in [-0.39, 0.29) is 35.2 Å². The minimum absolute atomic E-state index is 0.0691. The van der Waals surface area contributed by atoms with Gasteiger partial charge >= 0.3 is 0 Å². The predicted octanol–water partition coefficient (Wildman–Crippen LogP) is 3.02. The number of benzene rings is 2. The molecule has 0 saturated carbocycles. The first-order valence-corrected chi connectivity index (χ1v) is 12.3. The van der Waals surface area contributed by atoms with Crippen LogP contribution in [0.1, 0.15) is 11.1 Å². The Morgan fingerprint density at radius 3 is 2.48 bits per heavy atom. The quantitative estimate of drug-likeness (QED) is 0.808. The lowest BCUT2D eigenvalue weighted by atomic mass is 10.1. The number of amides is 1. The summed E-state index contributed by atoms with van der Waals surface area (Å²) < 4.78 is 24.2. The highest BCUT2D eigenvalue weighted by Gasteiger charge is 2.47. The van der Waals surface area contributed by atoms with Gasteiger partial charge in [0.2, 0.25) is 5.91 Å². The summed E-state index contributed by atoms with van der Waals surface area (Å²) >= 11 is 1.35. The molecule has 2 aromatic carbocycles. The van der Waals surface area contributed by atoms with Crippen molar-refractivity contribution < 1.29 is 13.2 Å². The molecule has 1 amide bonds. The van der Waals surface area contributed by atoms with E-state index in [1.54, 1.807) is 0 Å². The second kappa shape index (κ2) is 7.84. The molecular weight excluding hydrogens is 406 g/mol. The summed E-state index contributed by atoms with van der Waals surface area (Å²) in [5.41, 5.74) is 3.78. The highest BCUT2D eigenvalue weighted by molar-refractivity contribution is 8.14. The molecule has 2 heterocycles. The topological polar surface area (TPSA) is 78.8 Å². The molecule has 1 N–H and O–H groups in total. The SMILES string of the molecule is Cc1cccc(C)c1NC(=O)CSC1=NC2CS(=O)(=O)CC2N1c1ccccc1. The van der Waals surface area contributed by atoms with Gasteiger partial charge < -0.3 is 10.2 Å². The van der Waals surface area contributed by atoms with E-state index in [1.807, 2.05) is 67.3 Å². The first-order valence-electron chi connectivity index (χ1n) is 9.45. The van der Waals surface area contributed by atoms with Gasteiger partial charge in [0.25, 0.3) is 0 Å². The monoisotopic (exact) mass is 429 g/mol. The average Bonchev–Trinajstić information content (AvgIpc) is 3.15. The number of carbonyl (C=O) groups excluding carboxylic acids is 1. The van der Waals surface area contributed by atoms with Gasteiger partial charge in [-0.1, -0.05) is 48.2 Å². The fraction of sp³-hybridized carbons (Fsp3) is 0.333. The second-order valence-electron chi connectivity index (χ2n) is 7.43. The van der Waals surface area contributed by atoms with Crippen molar-refractivity contribution >= 4 is 44.0 Å². The van der Waals surface area contributed by atoms with Gasteiger partial charge in [-0.05, 0) is 37.1 Å². The molecule has 152 valence electrons. The standard InChI is InChI=1S/C21H23N3O3S2/c1-14-7-6-8-15(2)20(14)23-19(25)11-28-21-22-17-12-29(26,27)13-18(17)24(21)16-9-4-3-5-10-16/h3-10,17-18H,11-13H2,1-2H3,(H,23,25). The summed E-state index contributed by atoms with van der Waals surface area (Å²) in [6.45, 7) is 3.94. The molecule has 2 aliphatic heterocycles. The van der Waals surface area contributed by atoms with Crippen LogP contribution in [0.15, 0.2) is 53.5 Å². The summed E-state index contributed by atoms with van der Waals surface area (Å²) in [7, 11) is -3.09. The molecule has 2 aromatic rings. The van der Waals surface area contributed by atoms with E-state index in [1.165, 1.54) is 11.8 Å². The van der Waals surface area contributed by atoms with Crippen LogP contribution < -0.4 is 10.2 Å². The number of rotatable bonds is 4. The van der Waals surface area contributed by atoms with E-state index >= 15 is 0 Å². The van der Waals surface area contributed by atoms with E-state index < -0.39 is 9.84 Å². The normalized spacial score (nSPS) is 22.3. The Hall–Kier alpha value is -2.32. The van der Waals surface area contributed by atoms with Crippen LogP contribution in [-0.2, 0) is 14.6 Å². The number of hydrogen-bond acceptors (Lipinski definition) is 6. The molecule has 0 radical (unpaired) electrons. The number of aliphatic imine (C=N–C) groups is 1. The lowest BCUT2D eigenvalue weighted by Gasteiger charge is -2.26. The van der Waals surface area contributed by atoms with Crippen LogP contribution in [-0.4, -0.2) is 48.8 Å². The van der Waals surface area contributed by atoms with Crippen LogP contribution in [0, 0.1) is 13.8 Å². The maximum absolute atomic E-state index is 12.6. The molecule has 0 spiro atoms. The highest BCUT2D eigenvalue weighted by Crippen LogP contribution is 2.35. The van der Waals surface area contributed by atoms with Gasteiger partial charge in [-0.15, -0.1) is 0 Å². The highest BCUT2D eigenvalue weighted by atomic mass is 32.2. The third-order valence-corrected chi connectivity index (χ3v) is 7.89. The van der Waals surface area contributed by atoms with Gasteiger partial charge in [0.1, 0.15) is 0 Å². The molecule has 2 unspecified atom stereocenters. The number of thioether (sulfide) groups is 1. The summed E-state index contributed by atoms with van der Waals surface area (Å²) in [6, 6.07) is 15.1. The molecule has 1 fully saturated rings. The van der Waals surface area contributed by atoms with E-state index in [4.69, 9.17) is 0 Å². The van der Waals surface area contributed by atoms with Crippen LogP contribution in [0.4, 0.5) is 11.4 Å². The van der Waals surface area contributed by atoms with Crippen molar-refractivity contribution in [2.45, 2.75) is 25.9 Å². The van der Waals surface area contributed by atoms with Crippen molar-refractivity contribution in [3.8, 4) is 0 Å². The number of carbonyl (C=O) groups is 1. The van der Waals surface area contributed by atoms with E-state index in [0.717, 1.165) is 22.5 Å². The number of aryl methyl sites for hydroxylation is 2. The first kappa shape index (κ1) is 20.0. The summed E-state index contributed by atoms with van der Waals surface area (Å²) in [4.78, 5) is 19.2. The van der Waals surface area contributed by atoms with Gasteiger partial charge in [0.05, 0.1) is 29.3 Å². The maximum Gasteiger partial charge on any atom is 0.234 e. The summed E-state index contributed by atoms with van der Waals surface area (Å²) in [6.07, 6.45) is 0. The first-order chi connectivity index (χ1) is 13.8. The van der Waals surface area contributed by atoms with Gasteiger partial charge in [-0.3, -0.25) is 9.79 Å². The largest absolute Gasteiger partial charge is 0.325 e. The number of amidine groups is 1. The third kappa shape index (κ3) is 4.18. The molecule has 2 atom stereocenters. The van der Waals surface area contributed by atoms with Crippen molar-refractivity contribution in [3.63, 3.8) is 0 Å². The number of hydrogen-bond donors (Lipinski definition) is 1. The molecule has 0 aromatic heterocycles. The van der Waals surface area contributed by atoms with Crippen molar-refractivity contribution in [1.29, 1.82) is 0 Å². The summed E-state index contributed by atoms with van der Waals surface area (Å²) in [5.74, 6) is 0.268. The van der Waals surface area contributed by atoms with Gasteiger partial charge in [-0.2, -0.15) is 0 Å². The van der Waals surface area contributed by atoms with Crippen LogP contribution >= 0.6 is 11.8 Å². The Kier molecular flexibility index (Phi) is 5.40. The molecule has 0 aliphatic carbocycles. The number of para-hydroxylation sites is 2. The van der Waals surface area contributed by atoms with E-state index in [0.29, 0.717) is 5.17 Å². The molecule has 0 bridgehead atoms. The second-order valence-corrected chi connectivity index (χ2v) is 10.5.